The van der Waals surface area contributed by atoms with E-state index >= 15 is 4.11 Å². The van der Waals surface area contributed by atoms with Crippen LogP contribution < -0.4 is 15.5 Å². The van der Waals surface area contributed by atoms with Crippen molar-refractivity contribution >= 4 is 37.3 Å². The molecule has 15 heteroatoms. The van der Waals surface area contributed by atoms with Crippen LogP contribution in [-0.2, 0) is 39.4 Å². The number of nitro benzene ring substituents is 1. The van der Waals surface area contributed by atoms with Gasteiger partial charge in [0.15, 0.2) is 5.60 Å². The fourth-order valence-electron chi connectivity index (χ4n) is 7.58. The van der Waals surface area contributed by atoms with Gasteiger partial charge in [-0.3, -0.25) is 24.4 Å². The average molecular weight is 666 g/mol. The molecule has 0 saturated carbocycles. The van der Waals surface area contributed by atoms with E-state index in [-0.39, 0.29) is 30.8 Å². The molecule has 47 heavy (non-hydrogen) atoms. The maximum Gasteiger partial charge on any atom is 0.269 e. The first-order valence-electron chi connectivity index (χ1n) is 16.0. The molecule has 2 aromatic carbocycles. The van der Waals surface area contributed by atoms with Gasteiger partial charge in [-0.2, -0.15) is 0 Å². The summed E-state index contributed by atoms with van der Waals surface area (Å²) in [5, 5.41) is 35.4. The van der Waals surface area contributed by atoms with Gasteiger partial charge in [-0.25, -0.2) is 0 Å². The molecule has 6 rings (SSSR count). The van der Waals surface area contributed by atoms with E-state index in [1.54, 1.807) is 47.1 Å². The van der Waals surface area contributed by atoms with Crippen LogP contribution >= 0.6 is 0 Å². The quantitative estimate of drug-likeness (QED) is 0.120. The summed E-state index contributed by atoms with van der Waals surface area (Å²) in [5.41, 5.74) is 0.382. The van der Waals surface area contributed by atoms with Gasteiger partial charge < -0.3 is 29.5 Å². The van der Waals surface area contributed by atoms with Crippen LogP contribution in [0.4, 0.5) is 21.2 Å². The van der Waals surface area contributed by atoms with Crippen LogP contribution in [0.5, 0.6) is 0 Å². The number of aromatic nitrogens is 3. The van der Waals surface area contributed by atoms with Crippen molar-refractivity contribution in [2.24, 2.45) is 5.92 Å². The van der Waals surface area contributed by atoms with Gasteiger partial charge in [-0.1, -0.05) is 24.3 Å². The number of aliphatic hydroxyl groups is 1. The van der Waals surface area contributed by atoms with Gasteiger partial charge in [0.1, 0.15) is 0 Å². The molecule has 2 fully saturated rings. The number of aryl methyl sites for hydroxylation is 1. The Bertz CT molecular complexity index is 1680. The number of carbonyl (C=O) groups is 2. The zero-order chi connectivity index (χ0) is 33.5. The largest absolute Gasteiger partial charge is 0.396 e. The predicted octanol–water partition coefficient (Wildman–Crippen LogP) is 3.82. The molecule has 1 aromatic heterocycles. The average Bonchev–Trinajstić information content (AvgIpc) is 3.81. The molecule has 2 saturated heterocycles. The summed E-state index contributed by atoms with van der Waals surface area (Å²) in [4.78, 5) is 40.4. The number of aliphatic hydroxyl groups excluding tert-OH is 1. The lowest BCUT2D eigenvalue weighted by Gasteiger charge is -2.31. The van der Waals surface area contributed by atoms with E-state index in [0.29, 0.717) is 42.0 Å². The van der Waals surface area contributed by atoms with Gasteiger partial charge in [0.2, 0.25) is 14.3 Å². The number of benzene rings is 2. The molecular weight excluding hydrogens is 625 g/mol. The molecule has 3 aliphatic heterocycles. The number of halogens is 1. The van der Waals surface area contributed by atoms with Crippen molar-refractivity contribution in [3.8, 4) is 0 Å². The van der Waals surface area contributed by atoms with E-state index in [1.165, 1.54) is 12.1 Å². The number of anilines is 2. The third kappa shape index (κ3) is 6.20. The van der Waals surface area contributed by atoms with Gasteiger partial charge >= 0.3 is 0 Å². The summed E-state index contributed by atoms with van der Waals surface area (Å²) in [6.45, 7) is 6.22. The van der Waals surface area contributed by atoms with Gasteiger partial charge in [-0.15, -0.1) is 5.10 Å². The molecule has 4 heterocycles. The minimum Gasteiger partial charge on any atom is -0.396 e. The summed E-state index contributed by atoms with van der Waals surface area (Å²) < 4.78 is 24.5. The normalized spacial score (nSPS) is 25.5. The highest BCUT2D eigenvalue weighted by Gasteiger charge is 2.66. The molecule has 3 N–H and O–H groups in total. The first kappa shape index (κ1) is 32.9. The lowest BCUT2D eigenvalue weighted by Crippen LogP contribution is -2.45. The molecule has 0 radical (unpaired) electrons. The van der Waals surface area contributed by atoms with Gasteiger partial charge in [0.05, 0.1) is 35.0 Å². The van der Waals surface area contributed by atoms with Gasteiger partial charge in [0.25, 0.3) is 11.6 Å². The number of nitro groups is 1. The highest BCUT2D eigenvalue weighted by atomic mass is 28.4. The molecule has 2 amide bonds. The van der Waals surface area contributed by atoms with Crippen molar-refractivity contribution in [1.29, 1.82) is 0 Å². The fraction of sp³-hybridized carbons (Fsp3) is 0.500. The molecule has 0 bridgehead atoms. The number of non-ortho nitro benzene ring substituents is 1. The number of rotatable bonds is 11. The molecule has 3 aromatic rings. The molecular formula is C32H40FN7O6Si. The monoisotopic (exact) mass is 665 g/mol. The standard InChI is InChI=1S/C32H40FN7O6Si/c1-20-29(47(2,3)33)28(11-14-38-19-23(12-15-41)36-37-38)46-32(20)25-17-24(40(44)45)9-10-27(25)39(31(32)43)18-21-6-4-7-22(16-21)35-30(42)26-8-5-13-34-26/h4,6-7,9-10,16-17,19-20,26,28-29,34,41H,5,8,11-15,18H2,1-3H3,(H,35,42)/t20-,26-,28+,29-,32+/m1/s1. The van der Waals surface area contributed by atoms with E-state index < -0.39 is 42.4 Å². The van der Waals surface area contributed by atoms with Gasteiger partial charge in [0, 0.05) is 60.6 Å². The second-order valence-electron chi connectivity index (χ2n) is 13.2. The lowest BCUT2D eigenvalue weighted by molar-refractivity contribution is -0.385. The van der Waals surface area contributed by atoms with Crippen molar-refractivity contribution in [2.75, 3.05) is 23.4 Å². The highest BCUT2D eigenvalue weighted by Crippen LogP contribution is 2.60. The first-order chi connectivity index (χ1) is 22.4. The second-order valence-corrected chi connectivity index (χ2v) is 17.0. The molecule has 1 spiro atoms. The summed E-state index contributed by atoms with van der Waals surface area (Å²) in [6, 6.07) is 11.3. The SMILES string of the molecule is C[C@@H]1[C@@H]([Si](C)(C)F)[C@H](CCn2cc(CCO)nn2)O[C@@]12C(=O)N(Cc1cccc(NC(=O)[C@H]3CCCN3)c1)c1ccc([N+](=O)[O-])cc12. The van der Waals surface area contributed by atoms with E-state index in [0.717, 1.165) is 24.9 Å². The van der Waals surface area contributed by atoms with Crippen molar-refractivity contribution in [2.45, 2.75) is 82.1 Å². The maximum atomic E-state index is 16.2. The van der Waals surface area contributed by atoms with Crippen LogP contribution in [0, 0.1) is 16.0 Å². The summed E-state index contributed by atoms with van der Waals surface area (Å²) in [6.07, 6.45) is 3.46. The summed E-state index contributed by atoms with van der Waals surface area (Å²) in [7, 11) is -3.46. The van der Waals surface area contributed by atoms with Crippen molar-refractivity contribution in [1.82, 2.24) is 20.3 Å². The third-order valence-electron chi connectivity index (χ3n) is 9.66. The predicted molar refractivity (Wildman–Crippen MR) is 174 cm³/mol. The smallest absolute Gasteiger partial charge is 0.269 e. The molecule has 3 aliphatic rings. The zero-order valence-corrected chi connectivity index (χ0v) is 27.7. The van der Waals surface area contributed by atoms with Gasteiger partial charge in [-0.05, 0) is 62.7 Å². The van der Waals surface area contributed by atoms with E-state index in [2.05, 4.69) is 20.9 Å². The molecule has 13 nitrogen and oxygen atoms in total. The Labute approximate surface area is 272 Å². The topological polar surface area (TPSA) is 165 Å². The number of hydrogen-bond donors (Lipinski definition) is 3. The summed E-state index contributed by atoms with van der Waals surface area (Å²) >= 11 is 0. The van der Waals surface area contributed by atoms with Crippen LogP contribution in [-0.4, -0.2) is 70.5 Å². The van der Waals surface area contributed by atoms with Crippen LogP contribution in [0.2, 0.25) is 18.6 Å². The van der Waals surface area contributed by atoms with E-state index in [9.17, 15) is 24.8 Å². The second kappa shape index (κ2) is 12.9. The molecule has 0 aliphatic carbocycles. The Morgan fingerprint density at radius 1 is 1.30 bits per heavy atom. The first-order valence-corrected chi connectivity index (χ1v) is 19.0. The Hall–Kier alpha value is -4.05. The van der Waals surface area contributed by atoms with Crippen molar-refractivity contribution in [3.63, 3.8) is 0 Å². The minimum atomic E-state index is -3.46. The Balaban J connectivity index is 1.32. The fourth-order valence-corrected chi connectivity index (χ4v) is 10.1. The number of amides is 2. The molecule has 0 unspecified atom stereocenters. The Morgan fingerprint density at radius 2 is 2.11 bits per heavy atom. The van der Waals surface area contributed by atoms with Crippen molar-refractivity contribution in [3.05, 3.63) is 75.6 Å². The molecule has 5 atom stereocenters. The highest BCUT2D eigenvalue weighted by molar-refractivity contribution is 6.72. The lowest BCUT2D eigenvalue weighted by atomic mass is 9.82. The maximum absolute atomic E-state index is 16.2. The Morgan fingerprint density at radius 3 is 2.81 bits per heavy atom. The zero-order valence-electron chi connectivity index (χ0n) is 26.7. The summed E-state index contributed by atoms with van der Waals surface area (Å²) in [5.74, 6) is -1.14. The molecule has 250 valence electrons. The number of carbonyl (C=O) groups excluding carboxylic acids is 2. The minimum absolute atomic E-state index is 0.0603. The van der Waals surface area contributed by atoms with Crippen LogP contribution in [0.3, 0.4) is 0 Å². The van der Waals surface area contributed by atoms with Crippen LogP contribution in [0.15, 0.2) is 48.7 Å². The number of fused-ring (bicyclic) bond motifs is 2. The number of nitrogens with zero attached hydrogens (tertiary/aromatic N) is 5. The van der Waals surface area contributed by atoms with E-state index in [4.69, 9.17) is 4.74 Å². The van der Waals surface area contributed by atoms with Crippen molar-refractivity contribution < 1.29 is 28.5 Å². The number of ether oxygens (including phenoxy) is 1. The Kier molecular flexibility index (Phi) is 9.00. The third-order valence-corrected chi connectivity index (χ3v) is 12.1. The van der Waals surface area contributed by atoms with Crippen LogP contribution in [0.25, 0.3) is 0 Å². The van der Waals surface area contributed by atoms with E-state index in [1.807, 2.05) is 19.1 Å². The number of hydrogen-bond acceptors (Lipinski definition) is 9. The number of nitrogens with one attached hydrogen (secondary N) is 2. The van der Waals surface area contributed by atoms with Crippen LogP contribution in [0.1, 0.15) is 43.0 Å².